The molecule has 18 heavy (non-hydrogen) atoms. The van der Waals surface area contributed by atoms with Crippen LogP contribution in [-0.2, 0) is 16.6 Å². The average molecular weight is 339 g/mol. The van der Waals surface area contributed by atoms with Crippen molar-refractivity contribution in [3.63, 3.8) is 0 Å². The van der Waals surface area contributed by atoms with Crippen molar-refractivity contribution in [2.45, 2.75) is 19.4 Å². The average Bonchev–Trinajstić information content (AvgIpc) is 2.21. The van der Waals surface area contributed by atoms with Crippen molar-refractivity contribution in [2.24, 2.45) is 0 Å². The van der Waals surface area contributed by atoms with E-state index in [1.54, 1.807) is 19.1 Å². The van der Waals surface area contributed by atoms with Gasteiger partial charge in [0.25, 0.3) is 10.2 Å². The van der Waals surface area contributed by atoms with E-state index in [-0.39, 0.29) is 11.9 Å². The molecule has 0 bridgehead atoms. The molecule has 0 saturated carbocycles. The third kappa shape index (κ3) is 4.31. The zero-order valence-corrected chi connectivity index (χ0v) is 12.8. The highest BCUT2D eigenvalue weighted by Gasteiger charge is 2.17. The van der Waals surface area contributed by atoms with E-state index in [0.29, 0.717) is 16.5 Å². The Morgan fingerprint density at radius 1 is 1.44 bits per heavy atom. The number of hydrogen-bond donors (Lipinski definition) is 1. The zero-order valence-electron chi connectivity index (χ0n) is 10.4. The van der Waals surface area contributed by atoms with Crippen molar-refractivity contribution < 1.29 is 12.8 Å². The Bertz CT molecular complexity index is 520. The van der Waals surface area contributed by atoms with Crippen LogP contribution in [0, 0.1) is 5.82 Å². The van der Waals surface area contributed by atoms with Gasteiger partial charge >= 0.3 is 0 Å². The van der Waals surface area contributed by atoms with E-state index < -0.39 is 10.2 Å². The van der Waals surface area contributed by atoms with Gasteiger partial charge in [0.1, 0.15) is 5.82 Å². The fraction of sp³-hybridized carbons (Fsp3) is 0.455. The number of halogens is 2. The molecular weight excluding hydrogens is 323 g/mol. The lowest BCUT2D eigenvalue weighted by molar-refractivity contribution is 0.488. The molecule has 1 unspecified atom stereocenters. The summed E-state index contributed by atoms with van der Waals surface area (Å²) < 4.78 is 41.0. The summed E-state index contributed by atoms with van der Waals surface area (Å²) in [4.78, 5) is 0. The first kappa shape index (κ1) is 15.6. The van der Waals surface area contributed by atoms with E-state index in [4.69, 9.17) is 0 Å². The van der Waals surface area contributed by atoms with Crippen LogP contribution in [0.1, 0.15) is 12.5 Å². The van der Waals surface area contributed by atoms with Crippen LogP contribution in [-0.4, -0.2) is 32.9 Å². The lowest BCUT2D eigenvalue weighted by Gasteiger charge is -2.18. The maximum atomic E-state index is 13.6. The molecule has 1 aromatic carbocycles. The highest BCUT2D eigenvalue weighted by molar-refractivity contribution is 9.10. The molecule has 102 valence electrons. The molecule has 1 N–H and O–H groups in total. The van der Waals surface area contributed by atoms with Crippen LogP contribution in [0.4, 0.5) is 4.39 Å². The fourth-order valence-corrected chi connectivity index (χ4v) is 2.55. The molecule has 0 spiro atoms. The van der Waals surface area contributed by atoms with Gasteiger partial charge in [-0.25, -0.2) is 4.39 Å². The molecule has 0 aliphatic rings. The Morgan fingerprint density at radius 3 is 2.56 bits per heavy atom. The van der Waals surface area contributed by atoms with Gasteiger partial charge in [-0.3, -0.25) is 0 Å². The monoisotopic (exact) mass is 338 g/mol. The third-order valence-corrected chi connectivity index (χ3v) is 4.53. The Kier molecular flexibility index (Phi) is 5.27. The normalized spacial score (nSPS) is 13.9. The lowest BCUT2D eigenvalue weighted by Crippen LogP contribution is -2.41. The summed E-state index contributed by atoms with van der Waals surface area (Å²) in [6, 6.07) is 4.35. The second-order valence-electron chi connectivity index (χ2n) is 4.25. The SMILES string of the molecule is CC(Cc1ccc(Br)cc1F)NS(=O)(=O)N(C)C. The molecule has 4 nitrogen and oxygen atoms in total. The van der Waals surface area contributed by atoms with Crippen molar-refractivity contribution in [3.05, 3.63) is 34.1 Å². The van der Waals surface area contributed by atoms with Gasteiger partial charge in [-0.1, -0.05) is 22.0 Å². The van der Waals surface area contributed by atoms with Crippen molar-refractivity contribution in [3.8, 4) is 0 Å². The molecule has 1 rings (SSSR count). The smallest absolute Gasteiger partial charge is 0.207 e. The van der Waals surface area contributed by atoms with Crippen LogP contribution < -0.4 is 4.72 Å². The van der Waals surface area contributed by atoms with Crippen LogP contribution >= 0.6 is 15.9 Å². The first-order chi connectivity index (χ1) is 8.22. The van der Waals surface area contributed by atoms with Crippen molar-refractivity contribution >= 4 is 26.1 Å². The number of benzene rings is 1. The van der Waals surface area contributed by atoms with E-state index >= 15 is 0 Å². The molecular formula is C11H16BrFN2O2S. The second-order valence-corrected chi connectivity index (χ2v) is 7.08. The van der Waals surface area contributed by atoms with Gasteiger partial charge in [-0.15, -0.1) is 0 Å². The number of rotatable bonds is 5. The Morgan fingerprint density at radius 2 is 2.06 bits per heavy atom. The summed E-state index contributed by atoms with van der Waals surface area (Å²) in [5, 5.41) is 0. The third-order valence-electron chi connectivity index (χ3n) is 2.37. The summed E-state index contributed by atoms with van der Waals surface area (Å²) in [5.74, 6) is -0.347. The van der Waals surface area contributed by atoms with Crippen molar-refractivity contribution in [1.29, 1.82) is 0 Å². The quantitative estimate of drug-likeness (QED) is 0.891. The number of nitrogens with zero attached hydrogens (tertiary/aromatic N) is 1. The van der Waals surface area contributed by atoms with E-state index in [9.17, 15) is 12.8 Å². The van der Waals surface area contributed by atoms with Gasteiger partial charge in [0.2, 0.25) is 0 Å². The molecule has 0 heterocycles. The minimum atomic E-state index is -3.49. The van der Waals surface area contributed by atoms with E-state index in [0.717, 1.165) is 4.31 Å². The van der Waals surface area contributed by atoms with Crippen LogP contribution in [0.5, 0.6) is 0 Å². The first-order valence-corrected chi connectivity index (χ1v) is 7.59. The van der Waals surface area contributed by atoms with Gasteiger partial charge in [0.15, 0.2) is 0 Å². The summed E-state index contributed by atoms with van der Waals surface area (Å²) in [5.41, 5.74) is 0.479. The van der Waals surface area contributed by atoms with Crippen LogP contribution in [0.3, 0.4) is 0 Å². The van der Waals surface area contributed by atoms with Crippen molar-refractivity contribution in [2.75, 3.05) is 14.1 Å². The summed E-state index contributed by atoms with van der Waals surface area (Å²) in [6.45, 7) is 1.70. The Labute approximate surface area is 115 Å². The summed E-state index contributed by atoms with van der Waals surface area (Å²) >= 11 is 3.17. The van der Waals surface area contributed by atoms with Crippen LogP contribution in [0.25, 0.3) is 0 Å². The van der Waals surface area contributed by atoms with Crippen molar-refractivity contribution in [1.82, 2.24) is 9.03 Å². The van der Waals surface area contributed by atoms with Gasteiger partial charge in [0, 0.05) is 24.6 Å². The maximum Gasteiger partial charge on any atom is 0.279 e. The molecule has 0 aliphatic heterocycles. The molecule has 0 radical (unpaired) electrons. The predicted octanol–water partition coefficient (Wildman–Crippen LogP) is 1.92. The lowest BCUT2D eigenvalue weighted by atomic mass is 10.1. The first-order valence-electron chi connectivity index (χ1n) is 5.36. The molecule has 7 heteroatoms. The van der Waals surface area contributed by atoms with Gasteiger partial charge in [-0.05, 0) is 31.0 Å². The Balaban J connectivity index is 2.74. The standard InChI is InChI=1S/C11H16BrFN2O2S/c1-8(14-18(16,17)15(2)3)6-9-4-5-10(12)7-11(9)13/h4-5,7-8,14H,6H2,1-3H3. The zero-order chi connectivity index (χ0) is 13.9. The maximum absolute atomic E-state index is 13.6. The molecule has 1 atom stereocenters. The van der Waals surface area contributed by atoms with Gasteiger partial charge in [-0.2, -0.15) is 17.4 Å². The molecule has 0 amide bonds. The minimum absolute atomic E-state index is 0.298. The van der Waals surface area contributed by atoms with Crippen LogP contribution in [0.15, 0.2) is 22.7 Å². The topological polar surface area (TPSA) is 49.4 Å². The molecule has 0 aromatic heterocycles. The highest BCUT2D eigenvalue weighted by atomic mass is 79.9. The molecule has 0 fully saturated rings. The number of nitrogens with one attached hydrogen (secondary N) is 1. The molecule has 0 aliphatic carbocycles. The minimum Gasteiger partial charge on any atom is -0.207 e. The molecule has 0 saturated heterocycles. The summed E-state index contributed by atoms with van der Waals surface area (Å²) in [7, 11) is -0.607. The fourth-order valence-electron chi connectivity index (χ4n) is 1.42. The Hall–Kier alpha value is -0.500. The second kappa shape index (κ2) is 6.10. The largest absolute Gasteiger partial charge is 0.279 e. The summed E-state index contributed by atoms with van der Waals surface area (Å²) in [6.07, 6.45) is 0.298. The van der Waals surface area contributed by atoms with Crippen LogP contribution in [0.2, 0.25) is 0 Å². The van der Waals surface area contributed by atoms with E-state index in [1.165, 1.54) is 20.2 Å². The number of hydrogen-bond acceptors (Lipinski definition) is 2. The van der Waals surface area contributed by atoms with E-state index in [1.807, 2.05) is 0 Å². The van der Waals surface area contributed by atoms with Gasteiger partial charge < -0.3 is 0 Å². The highest BCUT2D eigenvalue weighted by Crippen LogP contribution is 2.16. The van der Waals surface area contributed by atoms with E-state index in [2.05, 4.69) is 20.7 Å². The van der Waals surface area contributed by atoms with Gasteiger partial charge in [0.05, 0.1) is 0 Å². The molecule has 1 aromatic rings. The predicted molar refractivity (Wildman–Crippen MR) is 73.0 cm³/mol.